The van der Waals surface area contributed by atoms with E-state index in [1.807, 2.05) is 0 Å². The van der Waals surface area contributed by atoms with Crippen LogP contribution in [0.4, 0.5) is 5.69 Å². The number of hydrogen-bond acceptors (Lipinski definition) is 5. The van der Waals surface area contributed by atoms with Gasteiger partial charge in [-0.05, 0) is 37.1 Å². The highest BCUT2D eigenvalue weighted by Gasteiger charge is 2.21. The van der Waals surface area contributed by atoms with Gasteiger partial charge in [0.1, 0.15) is 5.75 Å². The first kappa shape index (κ1) is 14.3. The molecule has 1 saturated carbocycles. The highest BCUT2D eigenvalue weighted by Crippen LogP contribution is 2.18. The van der Waals surface area contributed by atoms with Gasteiger partial charge in [0, 0.05) is 11.7 Å². The first-order chi connectivity index (χ1) is 9.67. The van der Waals surface area contributed by atoms with Gasteiger partial charge in [-0.25, -0.2) is 4.79 Å². The molecule has 0 heterocycles. The molecule has 0 aliphatic heterocycles. The highest BCUT2D eigenvalue weighted by molar-refractivity contribution is 5.92. The molecule has 20 heavy (non-hydrogen) atoms. The van der Waals surface area contributed by atoms with Gasteiger partial charge in [-0.3, -0.25) is 4.79 Å². The zero-order valence-electron chi connectivity index (χ0n) is 11.3. The lowest BCUT2D eigenvalue weighted by Gasteiger charge is -2.08. The fraction of sp³-hybridized carbons (Fsp3) is 0.429. The number of hydrogen-bond donors (Lipinski definition) is 2. The minimum absolute atomic E-state index is 0.0693. The van der Waals surface area contributed by atoms with Gasteiger partial charge in [-0.2, -0.15) is 0 Å². The van der Waals surface area contributed by atoms with Crippen LogP contribution < -0.4 is 15.4 Å². The van der Waals surface area contributed by atoms with Crippen LogP contribution in [0.1, 0.15) is 12.8 Å². The summed E-state index contributed by atoms with van der Waals surface area (Å²) in [6.45, 7) is 0.193. The molecule has 1 fully saturated rings. The van der Waals surface area contributed by atoms with Crippen LogP contribution >= 0.6 is 0 Å². The Balaban J connectivity index is 1.75. The summed E-state index contributed by atoms with van der Waals surface area (Å²) in [6, 6.07) is 7.33. The Bertz CT molecular complexity index is 469. The number of methoxy groups -OCH3 is 1. The minimum atomic E-state index is -0.437. The molecule has 1 aromatic carbocycles. The van der Waals surface area contributed by atoms with Gasteiger partial charge in [-0.1, -0.05) is 0 Å². The van der Waals surface area contributed by atoms with Gasteiger partial charge in [0.2, 0.25) is 5.91 Å². The highest BCUT2D eigenvalue weighted by atomic mass is 16.6. The van der Waals surface area contributed by atoms with Crippen molar-refractivity contribution in [1.82, 2.24) is 5.32 Å². The lowest BCUT2D eigenvalue weighted by atomic mass is 10.3. The van der Waals surface area contributed by atoms with Crippen molar-refractivity contribution in [1.29, 1.82) is 0 Å². The minimum Gasteiger partial charge on any atom is -0.482 e. The lowest BCUT2D eigenvalue weighted by Crippen LogP contribution is -2.29. The molecule has 0 aromatic heterocycles. The summed E-state index contributed by atoms with van der Waals surface area (Å²) < 4.78 is 9.68. The molecule has 2 N–H and O–H groups in total. The molecule has 0 unspecified atom stereocenters. The van der Waals surface area contributed by atoms with Gasteiger partial charge in [0.15, 0.2) is 6.61 Å². The summed E-state index contributed by atoms with van der Waals surface area (Å²) in [5.74, 6) is 0.0400. The van der Waals surface area contributed by atoms with E-state index in [1.165, 1.54) is 7.11 Å². The summed E-state index contributed by atoms with van der Waals surface area (Å²) in [7, 11) is 1.31. The number of rotatable bonds is 7. The summed E-state index contributed by atoms with van der Waals surface area (Å²) in [5, 5.41) is 5.92. The molecule has 6 heteroatoms. The second-order valence-electron chi connectivity index (χ2n) is 4.59. The number of ether oxygens (including phenoxy) is 2. The summed E-state index contributed by atoms with van der Waals surface area (Å²) in [6.07, 6.45) is 2.30. The quantitative estimate of drug-likeness (QED) is 0.726. The number of carbonyl (C=O) groups is 2. The maximum Gasteiger partial charge on any atom is 0.343 e. The summed E-state index contributed by atoms with van der Waals surface area (Å²) in [4.78, 5) is 22.5. The van der Waals surface area contributed by atoms with E-state index in [1.54, 1.807) is 24.3 Å². The fourth-order valence-corrected chi connectivity index (χ4v) is 1.57. The van der Waals surface area contributed by atoms with Crippen molar-refractivity contribution in [3.8, 4) is 5.75 Å². The maximum atomic E-state index is 11.6. The second-order valence-corrected chi connectivity index (χ2v) is 4.59. The van der Waals surface area contributed by atoms with E-state index in [0.29, 0.717) is 24.0 Å². The van der Waals surface area contributed by atoms with E-state index in [0.717, 1.165) is 12.8 Å². The van der Waals surface area contributed by atoms with Gasteiger partial charge in [0.05, 0.1) is 13.7 Å². The Morgan fingerprint density at radius 3 is 2.55 bits per heavy atom. The van der Waals surface area contributed by atoms with E-state index >= 15 is 0 Å². The summed E-state index contributed by atoms with van der Waals surface area (Å²) in [5.41, 5.74) is 0.693. The smallest absolute Gasteiger partial charge is 0.343 e. The molecule has 0 spiro atoms. The number of benzene rings is 1. The van der Waals surface area contributed by atoms with Crippen LogP contribution in [-0.4, -0.2) is 38.2 Å². The lowest BCUT2D eigenvalue weighted by molar-refractivity contribution is -0.142. The van der Waals surface area contributed by atoms with Crippen LogP contribution in [0.25, 0.3) is 0 Å². The average Bonchev–Trinajstić information content (AvgIpc) is 3.28. The zero-order chi connectivity index (χ0) is 14.4. The third-order valence-corrected chi connectivity index (χ3v) is 2.85. The molecule has 0 bridgehead atoms. The van der Waals surface area contributed by atoms with Crippen LogP contribution in [0, 0.1) is 0 Å². The van der Waals surface area contributed by atoms with E-state index in [-0.39, 0.29) is 12.5 Å². The standard InChI is InChI=1S/C14H18N2O4/c1-19-14(18)9-20-12-6-4-11(5-7-12)16-13(17)8-15-10-2-3-10/h4-7,10,15H,2-3,8-9H2,1H3,(H,16,17). The monoisotopic (exact) mass is 278 g/mol. The number of esters is 1. The Hall–Kier alpha value is -2.08. The van der Waals surface area contributed by atoms with Gasteiger partial charge in [-0.15, -0.1) is 0 Å². The molecule has 1 aliphatic carbocycles. The third-order valence-electron chi connectivity index (χ3n) is 2.85. The third kappa shape index (κ3) is 4.89. The molecule has 1 aliphatic rings. The van der Waals surface area contributed by atoms with Crippen molar-refractivity contribution in [3.63, 3.8) is 0 Å². The Kier molecular flexibility index (Phi) is 4.95. The normalized spacial score (nSPS) is 13.7. The van der Waals surface area contributed by atoms with Crippen molar-refractivity contribution in [2.24, 2.45) is 0 Å². The van der Waals surface area contributed by atoms with Gasteiger partial charge in [0.25, 0.3) is 0 Å². The molecule has 1 aromatic rings. The van der Waals surface area contributed by atoms with Crippen molar-refractivity contribution in [3.05, 3.63) is 24.3 Å². The first-order valence-electron chi connectivity index (χ1n) is 6.50. The van der Waals surface area contributed by atoms with E-state index in [2.05, 4.69) is 15.4 Å². The van der Waals surface area contributed by atoms with Crippen molar-refractivity contribution in [2.75, 3.05) is 25.6 Å². The Morgan fingerprint density at radius 1 is 1.25 bits per heavy atom. The molecular weight excluding hydrogens is 260 g/mol. The van der Waals surface area contributed by atoms with Gasteiger partial charge >= 0.3 is 5.97 Å². The largest absolute Gasteiger partial charge is 0.482 e. The predicted molar refractivity (Wildman–Crippen MR) is 73.6 cm³/mol. The molecular formula is C14H18N2O4. The molecule has 1 amide bonds. The zero-order valence-corrected chi connectivity index (χ0v) is 11.3. The molecule has 6 nitrogen and oxygen atoms in total. The molecule has 2 rings (SSSR count). The van der Waals surface area contributed by atoms with Crippen LogP contribution in [-0.2, 0) is 14.3 Å². The van der Waals surface area contributed by atoms with Crippen molar-refractivity contribution < 1.29 is 19.1 Å². The van der Waals surface area contributed by atoms with Gasteiger partial charge < -0.3 is 20.1 Å². The molecule has 108 valence electrons. The second kappa shape index (κ2) is 6.91. The molecule has 0 saturated heterocycles. The summed E-state index contributed by atoms with van der Waals surface area (Å²) >= 11 is 0. The first-order valence-corrected chi connectivity index (χ1v) is 6.50. The average molecular weight is 278 g/mol. The molecule has 0 radical (unpaired) electrons. The number of carbonyl (C=O) groups excluding carboxylic acids is 2. The maximum absolute atomic E-state index is 11.6. The van der Waals surface area contributed by atoms with Crippen LogP contribution in [0.3, 0.4) is 0 Å². The Morgan fingerprint density at radius 2 is 1.95 bits per heavy atom. The number of nitrogens with one attached hydrogen (secondary N) is 2. The Labute approximate surface area is 117 Å². The topological polar surface area (TPSA) is 76.7 Å². The van der Waals surface area contributed by atoms with E-state index < -0.39 is 5.97 Å². The molecule has 0 atom stereocenters. The fourth-order valence-electron chi connectivity index (χ4n) is 1.57. The van der Waals surface area contributed by atoms with Crippen molar-refractivity contribution in [2.45, 2.75) is 18.9 Å². The van der Waals surface area contributed by atoms with Crippen LogP contribution in [0.2, 0.25) is 0 Å². The number of anilines is 1. The predicted octanol–water partition coefficient (Wildman–Crippen LogP) is 0.929. The van der Waals surface area contributed by atoms with E-state index in [9.17, 15) is 9.59 Å². The van der Waals surface area contributed by atoms with Crippen LogP contribution in [0.5, 0.6) is 5.75 Å². The number of amides is 1. The van der Waals surface area contributed by atoms with E-state index in [4.69, 9.17) is 4.74 Å². The van der Waals surface area contributed by atoms with Crippen molar-refractivity contribution >= 4 is 17.6 Å². The SMILES string of the molecule is COC(=O)COc1ccc(NC(=O)CNC2CC2)cc1. The van der Waals surface area contributed by atoms with Crippen LogP contribution in [0.15, 0.2) is 24.3 Å².